The van der Waals surface area contributed by atoms with Gasteiger partial charge in [-0.1, -0.05) is 42.5 Å². The predicted molar refractivity (Wildman–Crippen MR) is 113 cm³/mol. The maximum absolute atomic E-state index is 12.9. The van der Waals surface area contributed by atoms with E-state index in [4.69, 9.17) is 5.73 Å². The Hall–Kier alpha value is -3.51. The van der Waals surface area contributed by atoms with Gasteiger partial charge in [-0.15, -0.1) is 11.3 Å². The zero-order chi connectivity index (χ0) is 19.7. The number of hydrogen-bond donors (Lipinski definition) is 2. The number of fused-ring (bicyclic) bond motifs is 1. The highest BCUT2D eigenvalue weighted by Crippen LogP contribution is 2.33. The third kappa shape index (κ3) is 3.25. The van der Waals surface area contributed by atoms with E-state index < -0.39 is 0 Å². The third-order valence-electron chi connectivity index (χ3n) is 4.40. The van der Waals surface area contributed by atoms with Gasteiger partial charge >= 0.3 is 0 Å². The number of para-hydroxylation sites is 1. The minimum absolute atomic E-state index is 0.155. The van der Waals surface area contributed by atoms with Crippen LogP contribution in [0.4, 0.5) is 11.4 Å². The molecule has 138 valence electrons. The summed E-state index contributed by atoms with van der Waals surface area (Å²) >= 11 is 1.24. The fourth-order valence-electron chi connectivity index (χ4n) is 2.97. The maximum Gasteiger partial charge on any atom is 0.267 e. The number of ketones is 1. The summed E-state index contributed by atoms with van der Waals surface area (Å²) in [6.07, 6.45) is 0. The average Bonchev–Trinajstić information content (AvgIpc) is 3.04. The minimum atomic E-state index is -0.355. The van der Waals surface area contributed by atoms with Crippen LogP contribution >= 0.6 is 11.3 Å². The number of nitrogens with zero attached hydrogens (tertiary/aromatic N) is 1. The average molecular weight is 387 g/mol. The number of nitrogens with one attached hydrogen (secondary N) is 1. The number of pyridine rings is 1. The number of nitrogen functional groups attached to an aromatic ring is 1. The van der Waals surface area contributed by atoms with Gasteiger partial charge in [-0.25, -0.2) is 4.98 Å². The molecule has 6 heteroatoms. The van der Waals surface area contributed by atoms with E-state index in [0.717, 1.165) is 15.9 Å². The maximum atomic E-state index is 12.9. The van der Waals surface area contributed by atoms with E-state index >= 15 is 0 Å². The highest BCUT2D eigenvalue weighted by Gasteiger charge is 2.20. The second-order valence-electron chi connectivity index (χ2n) is 6.35. The Labute approximate surface area is 165 Å². The molecule has 5 nitrogen and oxygen atoms in total. The first-order valence-corrected chi connectivity index (χ1v) is 9.52. The van der Waals surface area contributed by atoms with Crippen molar-refractivity contribution in [3.8, 4) is 0 Å². The van der Waals surface area contributed by atoms with Gasteiger partial charge in [0, 0.05) is 22.2 Å². The van der Waals surface area contributed by atoms with E-state index in [-0.39, 0.29) is 11.7 Å². The highest BCUT2D eigenvalue weighted by molar-refractivity contribution is 7.21. The summed E-state index contributed by atoms with van der Waals surface area (Å²) in [7, 11) is 0. The molecule has 0 radical (unpaired) electrons. The van der Waals surface area contributed by atoms with Gasteiger partial charge in [0.1, 0.15) is 9.71 Å². The Bertz CT molecular complexity index is 1200. The molecule has 0 atom stereocenters. The number of carbonyl (C=O) groups is 2. The second kappa shape index (κ2) is 7.25. The normalized spacial score (nSPS) is 10.8. The molecule has 28 heavy (non-hydrogen) atoms. The van der Waals surface area contributed by atoms with Crippen LogP contribution in [0.25, 0.3) is 10.2 Å². The highest BCUT2D eigenvalue weighted by atomic mass is 32.1. The summed E-state index contributed by atoms with van der Waals surface area (Å²) in [5.41, 5.74) is 8.87. The summed E-state index contributed by atoms with van der Waals surface area (Å²) in [5.74, 6) is -0.510. The largest absolute Gasteiger partial charge is 0.397 e. The monoisotopic (exact) mass is 387 g/mol. The zero-order valence-electron chi connectivity index (χ0n) is 15.1. The molecule has 0 saturated heterocycles. The standard InChI is InChI=1S/C22H17N3O2S/c1-13-11-12-16-18(23)20(28-22(16)24-13)21(27)25-17-10-6-5-9-15(17)19(26)14-7-3-2-4-8-14/h2-12H,23H2,1H3,(H,25,27). The van der Waals surface area contributed by atoms with Crippen molar-refractivity contribution in [2.45, 2.75) is 6.92 Å². The summed E-state index contributed by atoms with van der Waals surface area (Å²) in [6.45, 7) is 1.89. The van der Waals surface area contributed by atoms with Crippen LogP contribution in [0.2, 0.25) is 0 Å². The quantitative estimate of drug-likeness (QED) is 0.498. The molecule has 4 rings (SSSR count). The lowest BCUT2D eigenvalue weighted by atomic mass is 10.0. The lowest BCUT2D eigenvalue weighted by molar-refractivity contribution is 0.103. The smallest absolute Gasteiger partial charge is 0.267 e. The van der Waals surface area contributed by atoms with Crippen molar-refractivity contribution in [1.29, 1.82) is 0 Å². The van der Waals surface area contributed by atoms with Crippen molar-refractivity contribution in [3.63, 3.8) is 0 Å². The number of anilines is 2. The van der Waals surface area contributed by atoms with Crippen LogP contribution in [0, 0.1) is 6.92 Å². The Balaban J connectivity index is 1.68. The van der Waals surface area contributed by atoms with Crippen LogP contribution in [-0.4, -0.2) is 16.7 Å². The van der Waals surface area contributed by atoms with Crippen molar-refractivity contribution >= 4 is 44.6 Å². The first-order chi connectivity index (χ1) is 13.5. The summed E-state index contributed by atoms with van der Waals surface area (Å²) in [5, 5.41) is 3.60. The first-order valence-electron chi connectivity index (χ1n) is 8.70. The van der Waals surface area contributed by atoms with Crippen LogP contribution in [0.15, 0.2) is 66.7 Å². The number of hydrogen-bond acceptors (Lipinski definition) is 5. The molecule has 4 aromatic rings. The Morgan fingerprint density at radius 3 is 2.46 bits per heavy atom. The third-order valence-corrected chi connectivity index (χ3v) is 5.51. The predicted octanol–water partition coefficient (Wildman–Crippen LogP) is 4.67. The van der Waals surface area contributed by atoms with E-state index in [1.807, 2.05) is 25.1 Å². The molecule has 0 bridgehead atoms. The van der Waals surface area contributed by atoms with Crippen LogP contribution in [-0.2, 0) is 0 Å². The lowest BCUT2D eigenvalue weighted by Gasteiger charge is -2.10. The van der Waals surface area contributed by atoms with Gasteiger partial charge in [-0.05, 0) is 31.2 Å². The molecule has 0 spiro atoms. The van der Waals surface area contributed by atoms with Crippen LogP contribution in [0.5, 0.6) is 0 Å². The van der Waals surface area contributed by atoms with Gasteiger partial charge in [0.2, 0.25) is 0 Å². The molecule has 0 aliphatic rings. The van der Waals surface area contributed by atoms with Gasteiger partial charge in [0.25, 0.3) is 5.91 Å². The van der Waals surface area contributed by atoms with E-state index in [1.165, 1.54) is 11.3 Å². The van der Waals surface area contributed by atoms with Gasteiger partial charge in [-0.2, -0.15) is 0 Å². The Morgan fingerprint density at radius 1 is 0.964 bits per heavy atom. The number of carbonyl (C=O) groups excluding carboxylic acids is 2. The van der Waals surface area contributed by atoms with Crippen LogP contribution in [0.1, 0.15) is 31.3 Å². The molecule has 0 aliphatic carbocycles. The van der Waals surface area contributed by atoms with Gasteiger partial charge in [0.15, 0.2) is 5.78 Å². The molecule has 0 unspecified atom stereocenters. The van der Waals surface area contributed by atoms with Crippen molar-refractivity contribution in [2.24, 2.45) is 0 Å². The summed E-state index contributed by atoms with van der Waals surface area (Å²) in [4.78, 5) is 31.3. The molecule has 0 fully saturated rings. The number of thiophene rings is 1. The number of amides is 1. The van der Waals surface area contributed by atoms with Crippen LogP contribution in [0.3, 0.4) is 0 Å². The van der Waals surface area contributed by atoms with E-state index in [1.54, 1.807) is 48.5 Å². The number of aryl methyl sites for hydroxylation is 1. The lowest BCUT2D eigenvalue weighted by Crippen LogP contribution is -2.15. The molecule has 1 amide bonds. The van der Waals surface area contributed by atoms with E-state index in [9.17, 15) is 9.59 Å². The summed E-state index contributed by atoms with van der Waals surface area (Å²) < 4.78 is 0. The van der Waals surface area contributed by atoms with Crippen molar-refractivity contribution in [2.75, 3.05) is 11.1 Å². The number of nitrogens with two attached hydrogens (primary N) is 1. The molecule has 3 N–H and O–H groups in total. The van der Waals surface area contributed by atoms with E-state index in [0.29, 0.717) is 27.4 Å². The molecule has 2 heterocycles. The van der Waals surface area contributed by atoms with Crippen molar-refractivity contribution < 1.29 is 9.59 Å². The SMILES string of the molecule is Cc1ccc2c(N)c(C(=O)Nc3ccccc3C(=O)c3ccccc3)sc2n1. The van der Waals surface area contributed by atoms with Gasteiger partial charge in [0.05, 0.1) is 11.4 Å². The fourth-order valence-corrected chi connectivity index (χ4v) is 4.01. The molecular formula is C22H17N3O2S. The second-order valence-corrected chi connectivity index (χ2v) is 7.34. The van der Waals surface area contributed by atoms with Gasteiger partial charge < -0.3 is 11.1 Å². The van der Waals surface area contributed by atoms with Crippen molar-refractivity contribution in [1.82, 2.24) is 4.98 Å². The summed E-state index contributed by atoms with van der Waals surface area (Å²) in [6, 6.07) is 19.6. The molecule has 2 aromatic carbocycles. The number of aromatic nitrogens is 1. The molecule has 0 aliphatic heterocycles. The molecule has 2 aromatic heterocycles. The molecule has 0 saturated carbocycles. The Morgan fingerprint density at radius 2 is 1.68 bits per heavy atom. The Kier molecular flexibility index (Phi) is 4.63. The van der Waals surface area contributed by atoms with E-state index in [2.05, 4.69) is 10.3 Å². The molecular weight excluding hydrogens is 370 g/mol. The fraction of sp³-hybridized carbons (Fsp3) is 0.0455. The zero-order valence-corrected chi connectivity index (χ0v) is 15.9. The topological polar surface area (TPSA) is 85.1 Å². The number of benzene rings is 2. The first kappa shape index (κ1) is 17.9. The van der Waals surface area contributed by atoms with Crippen LogP contribution < -0.4 is 11.1 Å². The van der Waals surface area contributed by atoms with Gasteiger partial charge in [-0.3, -0.25) is 9.59 Å². The minimum Gasteiger partial charge on any atom is -0.397 e. The van der Waals surface area contributed by atoms with Crippen molar-refractivity contribution in [3.05, 3.63) is 88.4 Å². The number of rotatable bonds is 4.